The number of carbonyl (C=O) groups excluding carboxylic acids is 2. The topological polar surface area (TPSA) is 107 Å². The van der Waals surface area contributed by atoms with Crippen molar-refractivity contribution in [2.24, 2.45) is 0 Å². The average molecular weight is 381 g/mol. The summed E-state index contributed by atoms with van der Waals surface area (Å²) in [5, 5.41) is 12.6. The fraction of sp³-hybridized carbons (Fsp3) is 0.529. The zero-order valence-corrected chi connectivity index (χ0v) is 15.6. The van der Waals surface area contributed by atoms with Crippen LogP contribution in [0.2, 0.25) is 0 Å². The smallest absolute Gasteiger partial charge is 0.321 e. The van der Waals surface area contributed by atoms with Gasteiger partial charge in [0.2, 0.25) is 5.91 Å². The van der Waals surface area contributed by atoms with Crippen LogP contribution in [0.25, 0.3) is 0 Å². The van der Waals surface area contributed by atoms with Crippen LogP contribution in [0.5, 0.6) is 0 Å². The van der Waals surface area contributed by atoms with Gasteiger partial charge < -0.3 is 20.2 Å². The number of aliphatic hydroxyl groups is 1. The molecule has 1 aromatic carbocycles. The van der Waals surface area contributed by atoms with E-state index < -0.39 is 28.0 Å². The van der Waals surface area contributed by atoms with E-state index in [0.717, 1.165) is 17.7 Å². The van der Waals surface area contributed by atoms with Gasteiger partial charge in [0, 0.05) is 31.4 Å². The standard InChI is InChI=1S/C17H23N3O5S/c1-11-8-12(5-6-13(11)20-7-3-4-16(20)22)18-17(23)19(2)14-9-26(24,25)10-15(14)21/h5-6,8,14-15,21H,3-4,7,9-10H2,1-2H3,(H,18,23)/t14-,15-/m1/s1. The van der Waals surface area contributed by atoms with E-state index in [1.165, 1.54) is 11.9 Å². The molecule has 9 heteroatoms. The second-order valence-corrected chi connectivity index (χ2v) is 9.06. The number of nitrogens with one attached hydrogen (secondary N) is 1. The van der Waals surface area contributed by atoms with Gasteiger partial charge in [-0.1, -0.05) is 0 Å². The third-order valence-corrected chi connectivity index (χ3v) is 6.62. The Morgan fingerprint density at radius 1 is 1.35 bits per heavy atom. The van der Waals surface area contributed by atoms with Crippen molar-refractivity contribution in [3.8, 4) is 0 Å². The van der Waals surface area contributed by atoms with Crippen LogP contribution >= 0.6 is 0 Å². The first kappa shape index (κ1) is 18.7. The van der Waals surface area contributed by atoms with Crippen molar-refractivity contribution in [1.29, 1.82) is 0 Å². The van der Waals surface area contributed by atoms with Crippen molar-refractivity contribution in [2.75, 3.05) is 35.3 Å². The van der Waals surface area contributed by atoms with Gasteiger partial charge in [-0.15, -0.1) is 0 Å². The van der Waals surface area contributed by atoms with Crippen LogP contribution in [-0.2, 0) is 14.6 Å². The number of hydrogen-bond donors (Lipinski definition) is 2. The van der Waals surface area contributed by atoms with Gasteiger partial charge in [-0.25, -0.2) is 13.2 Å². The summed E-state index contributed by atoms with van der Waals surface area (Å²) in [6.45, 7) is 2.57. The zero-order valence-electron chi connectivity index (χ0n) is 14.8. The second-order valence-electron chi connectivity index (χ2n) is 6.90. The van der Waals surface area contributed by atoms with E-state index in [2.05, 4.69) is 5.32 Å². The van der Waals surface area contributed by atoms with Crippen LogP contribution < -0.4 is 10.2 Å². The molecule has 26 heavy (non-hydrogen) atoms. The Bertz CT molecular complexity index is 839. The monoisotopic (exact) mass is 381 g/mol. The number of nitrogens with zero attached hydrogens (tertiary/aromatic N) is 2. The van der Waals surface area contributed by atoms with Crippen molar-refractivity contribution in [3.63, 3.8) is 0 Å². The van der Waals surface area contributed by atoms with Gasteiger partial charge >= 0.3 is 6.03 Å². The number of benzene rings is 1. The lowest BCUT2D eigenvalue weighted by molar-refractivity contribution is -0.117. The zero-order chi connectivity index (χ0) is 19.1. The first-order valence-electron chi connectivity index (χ1n) is 8.51. The predicted molar refractivity (Wildman–Crippen MR) is 98.0 cm³/mol. The normalized spacial score (nSPS) is 24.7. The lowest BCUT2D eigenvalue weighted by Crippen LogP contribution is -2.46. The summed E-state index contributed by atoms with van der Waals surface area (Å²) in [6.07, 6.45) is 0.310. The summed E-state index contributed by atoms with van der Waals surface area (Å²) in [5.41, 5.74) is 2.24. The Morgan fingerprint density at radius 3 is 2.62 bits per heavy atom. The number of carbonyl (C=O) groups is 2. The van der Waals surface area contributed by atoms with Crippen molar-refractivity contribution >= 4 is 33.2 Å². The highest BCUT2D eigenvalue weighted by molar-refractivity contribution is 7.91. The SMILES string of the molecule is Cc1cc(NC(=O)N(C)[C@@H]2CS(=O)(=O)C[C@H]2O)ccc1N1CCCC1=O. The minimum Gasteiger partial charge on any atom is -0.390 e. The minimum absolute atomic E-state index is 0.0982. The molecule has 3 rings (SSSR count). The molecule has 2 aliphatic rings. The average Bonchev–Trinajstić information content (AvgIpc) is 3.09. The van der Waals surface area contributed by atoms with Crippen molar-refractivity contribution in [2.45, 2.75) is 31.9 Å². The number of rotatable bonds is 3. The Morgan fingerprint density at radius 2 is 2.08 bits per heavy atom. The second kappa shape index (κ2) is 6.88. The Hall–Kier alpha value is -2.13. The van der Waals surface area contributed by atoms with Gasteiger partial charge in [0.1, 0.15) is 0 Å². The number of likely N-dealkylation sites (N-methyl/N-ethyl adjacent to an activating group) is 1. The predicted octanol–water partition coefficient (Wildman–Crippen LogP) is 0.743. The van der Waals surface area contributed by atoms with E-state index >= 15 is 0 Å². The molecule has 3 amide bonds. The van der Waals surface area contributed by atoms with Crippen molar-refractivity contribution in [1.82, 2.24) is 4.90 Å². The van der Waals surface area contributed by atoms with Crippen LogP contribution in [0.1, 0.15) is 18.4 Å². The Balaban J connectivity index is 1.70. The Labute approximate surface area is 152 Å². The van der Waals surface area contributed by atoms with E-state index in [9.17, 15) is 23.1 Å². The number of aryl methyl sites for hydroxylation is 1. The molecule has 0 spiro atoms. The summed E-state index contributed by atoms with van der Waals surface area (Å²) < 4.78 is 23.2. The van der Waals surface area contributed by atoms with Crippen molar-refractivity contribution < 1.29 is 23.1 Å². The number of sulfone groups is 1. The molecule has 0 radical (unpaired) electrons. The lowest BCUT2D eigenvalue weighted by Gasteiger charge is -2.26. The fourth-order valence-electron chi connectivity index (χ4n) is 3.48. The Kier molecular flexibility index (Phi) is 4.94. The maximum Gasteiger partial charge on any atom is 0.321 e. The summed E-state index contributed by atoms with van der Waals surface area (Å²) in [6, 6.07) is 4.03. The summed E-state index contributed by atoms with van der Waals surface area (Å²) in [4.78, 5) is 27.3. The van der Waals surface area contributed by atoms with Gasteiger partial charge in [0.25, 0.3) is 0 Å². The van der Waals surface area contributed by atoms with Crippen LogP contribution in [0.3, 0.4) is 0 Å². The summed E-state index contributed by atoms with van der Waals surface area (Å²) in [5.74, 6) is -0.471. The van der Waals surface area contributed by atoms with Gasteiger partial charge in [-0.3, -0.25) is 4.79 Å². The molecule has 2 aliphatic heterocycles. The largest absolute Gasteiger partial charge is 0.390 e. The van der Waals surface area contributed by atoms with Gasteiger partial charge in [0.15, 0.2) is 9.84 Å². The lowest BCUT2D eigenvalue weighted by atomic mass is 10.1. The van der Waals surface area contributed by atoms with E-state index in [-0.39, 0.29) is 17.4 Å². The van der Waals surface area contributed by atoms with E-state index in [1.807, 2.05) is 6.92 Å². The van der Waals surface area contributed by atoms with Gasteiger partial charge in [0.05, 0.1) is 23.7 Å². The maximum absolute atomic E-state index is 12.4. The van der Waals surface area contributed by atoms with Crippen molar-refractivity contribution in [3.05, 3.63) is 23.8 Å². The molecular formula is C17H23N3O5S. The molecule has 0 aliphatic carbocycles. The molecule has 1 aromatic rings. The number of hydrogen-bond acceptors (Lipinski definition) is 5. The number of anilines is 2. The highest BCUT2D eigenvalue weighted by Crippen LogP contribution is 2.27. The molecule has 2 atom stereocenters. The van der Waals surface area contributed by atoms with Crippen LogP contribution in [-0.4, -0.2) is 67.6 Å². The molecule has 2 heterocycles. The molecule has 0 saturated carbocycles. The van der Waals surface area contributed by atoms with E-state index in [0.29, 0.717) is 18.7 Å². The molecule has 142 valence electrons. The molecule has 0 aromatic heterocycles. The van der Waals surface area contributed by atoms with E-state index in [4.69, 9.17) is 0 Å². The molecule has 0 bridgehead atoms. The number of amides is 3. The van der Waals surface area contributed by atoms with Crippen LogP contribution in [0.15, 0.2) is 18.2 Å². The summed E-state index contributed by atoms with van der Waals surface area (Å²) in [7, 11) is -1.87. The third kappa shape index (κ3) is 3.68. The van der Waals surface area contributed by atoms with E-state index in [1.54, 1.807) is 23.1 Å². The molecule has 2 N–H and O–H groups in total. The first-order chi connectivity index (χ1) is 12.2. The van der Waals surface area contributed by atoms with Crippen LogP contribution in [0.4, 0.5) is 16.2 Å². The molecule has 2 fully saturated rings. The number of aliphatic hydroxyl groups excluding tert-OH is 1. The van der Waals surface area contributed by atoms with Crippen LogP contribution in [0, 0.1) is 6.92 Å². The first-order valence-corrected chi connectivity index (χ1v) is 10.3. The van der Waals surface area contributed by atoms with Gasteiger partial charge in [-0.2, -0.15) is 0 Å². The highest BCUT2D eigenvalue weighted by Gasteiger charge is 2.40. The fourth-order valence-corrected chi connectivity index (χ4v) is 5.33. The maximum atomic E-state index is 12.4. The summed E-state index contributed by atoms with van der Waals surface area (Å²) >= 11 is 0. The molecular weight excluding hydrogens is 358 g/mol. The molecule has 2 saturated heterocycles. The highest BCUT2D eigenvalue weighted by atomic mass is 32.2. The third-order valence-electron chi connectivity index (χ3n) is 4.92. The quantitative estimate of drug-likeness (QED) is 0.803. The van der Waals surface area contributed by atoms with Gasteiger partial charge in [-0.05, 0) is 37.1 Å². The minimum atomic E-state index is -3.33. The molecule has 8 nitrogen and oxygen atoms in total. The molecule has 0 unspecified atom stereocenters. The number of urea groups is 1.